The van der Waals surface area contributed by atoms with Crippen LogP contribution in [0.4, 0.5) is 5.82 Å². The van der Waals surface area contributed by atoms with Crippen molar-refractivity contribution < 1.29 is 9.90 Å². The molecule has 5 nitrogen and oxygen atoms in total. The Labute approximate surface area is 108 Å². The molecule has 1 rings (SSSR count). The lowest BCUT2D eigenvalue weighted by molar-refractivity contribution is 0.0696. The molecule has 0 aliphatic heterocycles. The Hall–Kier alpha value is -1.65. The highest BCUT2D eigenvalue weighted by Gasteiger charge is 2.16. The van der Waals surface area contributed by atoms with Gasteiger partial charge in [-0.2, -0.15) is 0 Å². The van der Waals surface area contributed by atoms with Gasteiger partial charge < -0.3 is 10.0 Å². The van der Waals surface area contributed by atoms with Crippen molar-refractivity contribution >= 4 is 11.8 Å². The second-order valence-corrected chi connectivity index (χ2v) is 4.92. The second kappa shape index (κ2) is 6.33. The van der Waals surface area contributed by atoms with Crippen LogP contribution in [0.2, 0.25) is 0 Å². The van der Waals surface area contributed by atoms with Gasteiger partial charge in [-0.3, -0.25) is 0 Å². The number of aromatic nitrogens is 2. The van der Waals surface area contributed by atoms with Gasteiger partial charge in [-0.05, 0) is 25.7 Å². The zero-order chi connectivity index (χ0) is 13.7. The third-order valence-corrected chi connectivity index (χ3v) is 2.76. The van der Waals surface area contributed by atoms with Crippen LogP contribution in [0, 0.1) is 12.8 Å². The van der Waals surface area contributed by atoms with Crippen molar-refractivity contribution in [1.29, 1.82) is 0 Å². The van der Waals surface area contributed by atoms with Gasteiger partial charge in [0.15, 0.2) is 0 Å². The molecule has 0 saturated carbocycles. The van der Waals surface area contributed by atoms with Crippen molar-refractivity contribution in [3.8, 4) is 0 Å². The lowest BCUT2D eigenvalue weighted by Crippen LogP contribution is -2.23. The van der Waals surface area contributed by atoms with Crippen molar-refractivity contribution in [2.45, 2.75) is 33.6 Å². The molecule has 0 radical (unpaired) electrons. The molecule has 0 bridgehead atoms. The zero-order valence-corrected chi connectivity index (χ0v) is 11.5. The van der Waals surface area contributed by atoms with E-state index in [1.165, 1.54) is 6.20 Å². The van der Waals surface area contributed by atoms with Crippen molar-refractivity contribution in [3.05, 3.63) is 17.6 Å². The summed E-state index contributed by atoms with van der Waals surface area (Å²) in [5.74, 6) is 0.759. The summed E-state index contributed by atoms with van der Waals surface area (Å²) in [4.78, 5) is 21.2. The minimum atomic E-state index is -0.985. The summed E-state index contributed by atoms with van der Waals surface area (Å²) in [6, 6.07) is 0. The van der Waals surface area contributed by atoms with Gasteiger partial charge in [0.05, 0.1) is 0 Å². The monoisotopic (exact) mass is 251 g/mol. The maximum absolute atomic E-state index is 11.1. The maximum Gasteiger partial charge on any atom is 0.341 e. The van der Waals surface area contributed by atoms with E-state index in [1.807, 2.05) is 11.9 Å². The molecule has 0 fully saturated rings. The average molecular weight is 251 g/mol. The van der Waals surface area contributed by atoms with Gasteiger partial charge >= 0.3 is 5.97 Å². The van der Waals surface area contributed by atoms with Crippen LogP contribution >= 0.6 is 0 Å². The lowest BCUT2D eigenvalue weighted by atomic mass is 10.1. The van der Waals surface area contributed by atoms with Gasteiger partial charge in [0.2, 0.25) is 0 Å². The van der Waals surface area contributed by atoms with Crippen LogP contribution in [-0.2, 0) is 0 Å². The van der Waals surface area contributed by atoms with Crippen LogP contribution < -0.4 is 4.90 Å². The molecule has 18 heavy (non-hydrogen) atoms. The summed E-state index contributed by atoms with van der Waals surface area (Å²) in [5.41, 5.74) is 0.160. The van der Waals surface area contributed by atoms with Crippen LogP contribution in [-0.4, -0.2) is 34.6 Å². The van der Waals surface area contributed by atoms with E-state index < -0.39 is 5.97 Å². The van der Waals surface area contributed by atoms with E-state index >= 15 is 0 Å². The normalized spacial score (nSPS) is 10.7. The molecule has 1 N–H and O–H groups in total. The molecule has 0 aliphatic rings. The van der Waals surface area contributed by atoms with E-state index in [-0.39, 0.29) is 5.56 Å². The molecular weight excluding hydrogens is 230 g/mol. The number of hydrogen-bond acceptors (Lipinski definition) is 4. The van der Waals surface area contributed by atoms with Crippen molar-refractivity contribution in [1.82, 2.24) is 9.97 Å². The predicted molar refractivity (Wildman–Crippen MR) is 71.1 cm³/mol. The Bertz CT molecular complexity index is 419. The molecule has 1 aromatic rings. The fourth-order valence-corrected chi connectivity index (χ4v) is 1.74. The number of carbonyl (C=O) groups is 1. The summed E-state index contributed by atoms with van der Waals surface area (Å²) >= 11 is 0. The van der Waals surface area contributed by atoms with Gasteiger partial charge in [0.1, 0.15) is 17.2 Å². The number of nitrogens with zero attached hydrogens (tertiary/aromatic N) is 3. The molecule has 5 heteroatoms. The maximum atomic E-state index is 11.1. The van der Waals surface area contributed by atoms with Gasteiger partial charge in [-0.1, -0.05) is 13.8 Å². The predicted octanol–water partition coefficient (Wildman–Crippen LogP) is 2.36. The summed E-state index contributed by atoms with van der Waals surface area (Å²) in [5, 5.41) is 9.11. The van der Waals surface area contributed by atoms with Gasteiger partial charge in [-0.15, -0.1) is 0 Å². The molecule has 0 unspecified atom stereocenters. The van der Waals surface area contributed by atoms with Crippen LogP contribution in [0.5, 0.6) is 0 Å². The van der Waals surface area contributed by atoms with Crippen molar-refractivity contribution in [2.24, 2.45) is 5.92 Å². The Morgan fingerprint density at radius 1 is 1.50 bits per heavy atom. The van der Waals surface area contributed by atoms with E-state index in [2.05, 4.69) is 23.8 Å². The molecule has 0 aliphatic carbocycles. The summed E-state index contributed by atoms with van der Waals surface area (Å²) in [7, 11) is 1.87. The second-order valence-electron chi connectivity index (χ2n) is 4.92. The smallest absolute Gasteiger partial charge is 0.341 e. The standard InChI is InChI=1S/C13H21N3O2/c1-9(2)6-5-7-16(4)12-11(13(17)18)8-14-10(3)15-12/h8-9H,5-7H2,1-4H3,(H,17,18). The minimum Gasteiger partial charge on any atom is -0.477 e. The number of anilines is 1. The summed E-state index contributed by atoms with van der Waals surface area (Å²) in [6.07, 6.45) is 3.52. The number of rotatable bonds is 6. The van der Waals surface area contributed by atoms with E-state index in [1.54, 1.807) is 6.92 Å². The van der Waals surface area contributed by atoms with Crippen LogP contribution in [0.1, 0.15) is 42.9 Å². The first kappa shape index (κ1) is 14.4. The number of aryl methyl sites for hydroxylation is 1. The largest absolute Gasteiger partial charge is 0.477 e. The molecular formula is C13H21N3O2. The third-order valence-electron chi connectivity index (χ3n) is 2.76. The quantitative estimate of drug-likeness (QED) is 0.840. The average Bonchev–Trinajstić information content (AvgIpc) is 2.27. The Morgan fingerprint density at radius 2 is 2.17 bits per heavy atom. The zero-order valence-electron chi connectivity index (χ0n) is 11.5. The van der Waals surface area contributed by atoms with Gasteiger partial charge in [-0.25, -0.2) is 14.8 Å². The minimum absolute atomic E-state index is 0.160. The highest BCUT2D eigenvalue weighted by Crippen LogP contribution is 2.17. The fraction of sp³-hybridized carbons (Fsp3) is 0.615. The van der Waals surface area contributed by atoms with Crippen LogP contribution in [0.25, 0.3) is 0 Å². The van der Waals surface area contributed by atoms with Gasteiger partial charge in [0.25, 0.3) is 0 Å². The van der Waals surface area contributed by atoms with Crippen molar-refractivity contribution in [3.63, 3.8) is 0 Å². The molecule has 0 amide bonds. The molecule has 0 atom stereocenters. The molecule has 0 aromatic carbocycles. The van der Waals surface area contributed by atoms with E-state index in [9.17, 15) is 4.79 Å². The summed E-state index contributed by atoms with van der Waals surface area (Å²) < 4.78 is 0. The van der Waals surface area contributed by atoms with Crippen molar-refractivity contribution in [2.75, 3.05) is 18.5 Å². The van der Waals surface area contributed by atoms with E-state index in [0.717, 1.165) is 19.4 Å². The number of hydrogen-bond donors (Lipinski definition) is 1. The molecule has 1 heterocycles. The van der Waals surface area contributed by atoms with E-state index in [0.29, 0.717) is 17.6 Å². The highest BCUT2D eigenvalue weighted by atomic mass is 16.4. The number of carboxylic acid groups (broad SMARTS) is 1. The number of aromatic carboxylic acids is 1. The lowest BCUT2D eigenvalue weighted by Gasteiger charge is -2.20. The van der Waals surface area contributed by atoms with E-state index in [4.69, 9.17) is 5.11 Å². The molecule has 0 saturated heterocycles. The summed E-state index contributed by atoms with van der Waals surface area (Å²) in [6.45, 7) is 6.92. The topological polar surface area (TPSA) is 66.3 Å². The first-order valence-corrected chi connectivity index (χ1v) is 6.20. The SMILES string of the molecule is Cc1ncc(C(=O)O)c(N(C)CCCC(C)C)n1. The number of carboxylic acids is 1. The molecule has 0 spiro atoms. The fourth-order valence-electron chi connectivity index (χ4n) is 1.74. The Balaban J connectivity index is 2.80. The molecule has 100 valence electrons. The Kier molecular flexibility index (Phi) is 5.07. The van der Waals surface area contributed by atoms with Gasteiger partial charge in [0, 0.05) is 19.8 Å². The first-order chi connectivity index (χ1) is 8.41. The molecule has 1 aromatic heterocycles. The first-order valence-electron chi connectivity index (χ1n) is 6.20. The Morgan fingerprint density at radius 3 is 2.72 bits per heavy atom. The third kappa shape index (κ3) is 3.98. The van der Waals surface area contributed by atoms with Crippen LogP contribution in [0.3, 0.4) is 0 Å². The van der Waals surface area contributed by atoms with Crippen LogP contribution in [0.15, 0.2) is 6.20 Å². The highest BCUT2D eigenvalue weighted by molar-refractivity contribution is 5.92.